The fraction of sp³-hybridized carbons (Fsp3) is 0.318. The maximum atomic E-state index is 12.9. The second-order valence-corrected chi connectivity index (χ2v) is 7.73. The van der Waals surface area contributed by atoms with Crippen molar-refractivity contribution in [3.8, 4) is 0 Å². The number of nitrogens with zero attached hydrogens (tertiary/aromatic N) is 1. The second-order valence-electron chi connectivity index (χ2n) is 7.73. The molecule has 4 heteroatoms. The molecule has 132 valence electrons. The lowest BCUT2D eigenvalue weighted by Crippen LogP contribution is -2.42. The number of carbonyl (C=O) groups excluding carboxylic acids is 1. The van der Waals surface area contributed by atoms with Crippen molar-refractivity contribution in [2.45, 2.75) is 25.9 Å². The van der Waals surface area contributed by atoms with Gasteiger partial charge in [0.2, 0.25) is 5.91 Å². The standard InChI is InChI=1S/C22H23N3O/c26-21-22(11-16-5-1-2-6-17(16)12-24-21)9-10-25(15-22)14-18-13-23-20-8-4-3-7-19(18)20/h1-8,13,23H,9-12,14-15H2,(H,24,26). The Morgan fingerprint density at radius 2 is 1.85 bits per heavy atom. The predicted molar refractivity (Wildman–Crippen MR) is 103 cm³/mol. The highest BCUT2D eigenvalue weighted by Crippen LogP contribution is 2.38. The van der Waals surface area contributed by atoms with E-state index >= 15 is 0 Å². The van der Waals surface area contributed by atoms with Crippen molar-refractivity contribution in [1.29, 1.82) is 0 Å². The summed E-state index contributed by atoms with van der Waals surface area (Å²) >= 11 is 0. The average molecular weight is 345 g/mol. The highest BCUT2D eigenvalue weighted by molar-refractivity contribution is 5.85. The van der Waals surface area contributed by atoms with Crippen LogP contribution in [0.3, 0.4) is 0 Å². The molecule has 1 amide bonds. The molecule has 3 aromatic rings. The van der Waals surface area contributed by atoms with Crippen molar-refractivity contribution in [3.05, 3.63) is 71.4 Å². The van der Waals surface area contributed by atoms with E-state index in [0.717, 1.165) is 32.5 Å². The van der Waals surface area contributed by atoms with E-state index in [4.69, 9.17) is 0 Å². The van der Waals surface area contributed by atoms with Crippen molar-refractivity contribution in [2.75, 3.05) is 13.1 Å². The molecule has 2 aliphatic rings. The number of nitrogens with one attached hydrogen (secondary N) is 2. The Morgan fingerprint density at radius 1 is 1.04 bits per heavy atom. The summed E-state index contributed by atoms with van der Waals surface area (Å²) in [6.07, 6.45) is 3.88. The molecular formula is C22H23N3O. The molecule has 0 saturated carbocycles. The molecule has 5 rings (SSSR count). The lowest BCUT2D eigenvalue weighted by molar-refractivity contribution is -0.130. The van der Waals surface area contributed by atoms with Crippen LogP contribution < -0.4 is 5.32 Å². The van der Waals surface area contributed by atoms with E-state index < -0.39 is 0 Å². The molecule has 1 aromatic heterocycles. The number of rotatable bonds is 2. The lowest BCUT2D eigenvalue weighted by atomic mass is 9.80. The van der Waals surface area contributed by atoms with Gasteiger partial charge in [-0.3, -0.25) is 9.69 Å². The summed E-state index contributed by atoms with van der Waals surface area (Å²) in [5, 5.41) is 4.45. The van der Waals surface area contributed by atoms with Crippen molar-refractivity contribution in [2.24, 2.45) is 5.41 Å². The van der Waals surface area contributed by atoms with Gasteiger partial charge in [0.15, 0.2) is 0 Å². The molecule has 1 saturated heterocycles. The third-order valence-corrected chi connectivity index (χ3v) is 6.07. The molecular weight excluding hydrogens is 322 g/mol. The van der Waals surface area contributed by atoms with Gasteiger partial charge in [0.1, 0.15) is 0 Å². The van der Waals surface area contributed by atoms with Gasteiger partial charge in [-0.1, -0.05) is 42.5 Å². The van der Waals surface area contributed by atoms with Gasteiger partial charge in [-0.05, 0) is 42.1 Å². The third-order valence-electron chi connectivity index (χ3n) is 6.07. The number of aromatic nitrogens is 1. The fourth-order valence-electron chi connectivity index (χ4n) is 4.64. The van der Waals surface area contributed by atoms with Crippen molar-refractivity contribution < 1.29 is 4.79 Å². The molecule has 0 aliphatic carbocycles. The van der Waals surface area contributed by atoms with Crippen LogP contribution in [0.15, 0.2) is 54.7 Å². The molecule has 2 N–H and O–H groups in total. The maximum Gasteiger partial charge on any atom is 0.228 e. The Kier molecular flexibility index (Phi) is 3.61. The molecule has 3 heterocycles. The van der Waals surface area contributed by atoms with E-state index in [1.54, 1.807) is 0 Å². The van der Waals surface area contributed by atoms with E-state index in [1.165, 1.54) is 27.6 Å². The SMILES string of the molecule is O=C1NCc2ccccc2CC12CCN(Cc1c[nH]c3ccccc13)C2. The summed E-state index contributed by atoms with van der Waals surface area (Å²) in [4.78, 5) is 18.7. The minimum Gasteiger partial charge on any atom is -0.361 e. The van der Waals surface area contributed by atoms with Crippen LogP contribution in [0.1, 0.15) is 23.1 Å². The largest absolute Gasteiger partial charge is 0.361 e. The number of aromatic amines is 1. The van der Waals surface area contributed by atoms with Gasteiger partial charge in [0, 0.05) is 36.7 Å². The molecule has 0 radical (unpaired) electrons. The van der Waals surface area contributed by atoms with Crippen LogP contribution in [0, 0.1) is 5.41 Å². The van der Waals surface area contributed by atoms with Crippen molar-refractivity contribution >= 4 is 16.8 Å². The molecule has 1 atom stereocenters. The summed E-state index contributed by atoms with van der Waals surface area (Å²) in [5.41, 5.74) is 4.77. The molecule has 26 heavy (non-hydrogen) atoms. The highest BCUT2D eigenvalue weighted by Gasteiger charge is 2.45. The average Bonchev–Trinajstić information content (AvgIpc) is 3.23. The summed E-state index contributed by atoms with van der Waals surface area (Å²) in [7, 11) is 0. The van der Waals surface area contributed by atoms with Crippen LogP contribution >= 0.6 is 0 Å². The molecule has 0 bridgehead atoms. The first kappa shape index (κ1) is 15.6. The number of fused-ring (bicyclic) bond motifs is 2. The minimum absolute atomic E-state index is 0.218. The molecule has 1 unspecified atom stereocenters. The molecule has 1 fully saturated rings. The maximum absolute atomic E-state index is 12.9. The fourth-order valence-corrected chi connectivity index (χ4v) is 4.64. The summed E-state index contributed by atoms with van der Waals surface area (Å²) < 4.78 is 0. The lowest BCUT2D eigenvalue weighted by Gasteiger charge is -2.26. The molecule has 2 aromatic carbocycles. The van der Waals surface area contributed by atoms with Crippen LogP contribution in [0.4, 0.5) is 0 Å². The van der Waals surface area contributed by atoms with E-state index in [0.29, 0.717) is 6.54 Å². The predicted octanol–water partition coefficient (Wildman–Crippen LogP) is 3.23. The van der Waals surface area contributed by atoms with Crippen LogP contribution in [-0.4, -0.2) is 28.9 Å². The van der Waals surface area contributed by atoms with Gasteiger partial charge in [-0.15, -0.1) is 0 Å². The quantitative estimate of drug-likeness (QED) is 0.749. The smallest absolute Gasteiger partial charge is 0.228 e. The van der Waals surface area contributed by atoms with Gasteiger partial charge in [0.25, 0.3) is 0 Å². The highest BCUT2D eigenvalue weighted by atomic mass is 16.2. The first-order chi connectivity index (χ1) is 12.7. The number of para-hydroxylation sites is 1. The Hall–Kier alpha value is -2.59. The van der Waals surface area contributed by atoms with Gasteiger partial charge >= 0.3 is 0 Å². The van der Waals surface area contributed by atoms with Crippen LogP contribution in [-0.2, 0) is 24.3 Å². The minimum atomic E-state index is -0.293. The zero-order valence-electron chi connectivity index (χ0n) is 14.8. The first-order valence-corrected chi connectivity index (χ1v) is 9.36. The third kappa shape index (κ3) is 2.53. The second kappa shape index (κ2) is 5.99. The van der Waals surface area contributed by atoms with E-state index in [2.05, 4.69) is 69.9 Å². The van der Waals surface area contributed by atoms with Gasteiger partial charge < -0.3 is 10.3 Å². The number of hydrogen-bond acceptors (Lipinski definition) is 2. The van der Waals surface area contributed by atoms with Crippen molar-refractivity contribution in [3.63, 3.8) is 0 Å². The van der Waals surface area contributed by atoms with Crippen LogP contribution in [0.2, 0.25) is 0 Å². The summed E-state index contributed by atoms with van der Waals surface area (Å²) in [6.45, 7) is 3.33. The van der Waals surface area contributed by atoms with Crippen molar-refractivity contribution in [1.82, 2.24) is 15.2 Å². The topological polar surface area (TPSA) is 48.1 Å². The first-order valence-electron chi connectivity index (χ1n) is 9.36. The Morgan fingerprint density at radius 3 is 2.77 bits per heavy atom. The normalized spacial score (nSPS) is 23.2. The number of carbonyl (C=O) groups is 1. The molecule has 4 nitrogen and oxygen atoms in total. The Labute approximate surface area is 153 Å². The summed E-state index contributed by atoms with van der Waals surface area (Å²) in [6, 6.07) is 16.9. The Bertz CT molecular complexity index is 976. The van der Waals surface area contributed by atoms with Gasteiger partial charge in [0.05, 0.1) is 5.41 Å². The van der Waals surface area contributed by atoms with Gasteiger partial charge in [-0.2, -0.15) is 0 Å². The van der Waals surface area contributed by atoms with Crippen LogP contribution in [0.5, 0.6) is 0 Å². The van der Waals surface area contributed by atoms with E-state index in [-0.39, 0.29) is 11.3 Å². The number of likely N-dealkylation sites (tertiary alicyclic amines) is 1. The van der Waals surface area contributed by atoms with Gasteiger partial charge in [-0.25, -0.2) is 0 Å². The molecule has 1 spiro atoms. The number of H-pyrrole nitrogens is 1. The van der Waals surface area contributed by atoms with E-state index in [1.807, 2.05) is 0 Å². The monoisotopic (exact) mass is 345 g/mol. The zero-order valence-corrected chi connectivity index (χ0v) is 14.8. The van der Waals surface area contributed by atoms with E-state index in [9.17, 15) is 4.79 Å². The Balaban J connectivity index is 1.40. The number of hydrogen-bond donors (Lipinski definition) is 2. The molecule has 2 aliphatic heterocycles. The number of amides is 1. The number of benzene rings is 2. The summed E-state index contributed by atoms with van der Waals surface area (Å²) in [5.74, 6) is 0.218. The van der Waals surface area contributed by atoms with Crippen LogP contribution in [0.25, 0.3) is 10.9 Å². The zero-order chi connectivity index (χ0) is 17.6.